The molecule has 1 fully saturated rings. The normalized spacial score (nSPS) is 17.7. The van der Waals surface area contributed by atoms with E-state index in [2.05, 4.69) is 10.3 Å². The van der Waals surface area contributed by atoms with Crippen molar-refractivity contribution in [1.82, 2.24) is 15.2 Å². The third-order valence-electron chi connectivity index (χ3n) is 5.11. The Morgan fingerprint density at radius 3 is 2.50 bits per heavy atom. The number of aromatic nitrogens is 1. The molecule has 0 bridgehead atoms. The Morgan fingerprint density at radius 2 is 1.83 bits per heavy atom. The Bertz CT molecular complexity index is 949. The largest absolute Gasteiger partial charge is 0.444 e. The third-order valence-corrected chi connectivity index (χ3v) is 5.11. The molecular weight excluding hydrogens is 382 g/mol. The standard InChI is InChI=1S/C23H31N3O4/c1-15-16-9-7-8-10-17(16)18(13-24-15)23(5,6)25-20(27)19-14-26(11-12-29-19)21(28)30-22(2,3)4/h7-10,13,19H,11-12,14H2,1-6H3,(H,25,27)/t19-/m1/s1. The van der Waals surface area contributed by atoms with Gasteiger partial charge in [-0.15, -0.1) is 0 Å². The van der Waals surface area contributed by atoms with Crippen molar-refractivity contribution >= 4 is 22.8 Å². The lowest BCUT2D eigenvalue weighted by Crippen LogP contribution is -2.55. The lowest BCUT2D eigenvalue weighted by Gasteiger charge is -2.35. The van der Waals surface area contributed by atoms with Gasteiger partial charge in [-0.3, -0.25) is 9.78 Å². The van der Waals surface area contributed by atoms with Crippen LogP contribution < -0.4 is 5.32 Å². The third kappa shape index (κ3) is 4.90. The van der Waals surface area contributed by atoms with E-state index in [9.17, 15) is 9.59 Å². The van der Waals surface area contributed by atoms with Crippen molar-refractivity contribution in [3.05, 3.63) is 41.7 Å². The molecule has 0 unspecified atom stereocenters. The molecule has 2 aromatic rings. The maximum absolute atomic E-state index is 13.0. The molecule has 162 valence electrons. The van der Waals surface area contributed by atoms with Crippen LogP contribution in [-0.4, -0.2) is 53.3 Å². The first kappa shape index (κ1) is 22.0. The number of pyridine rings is 1. The summed E-state index contributed by atoms with van der Waals surface area (Å²) in [6.45, 7) is 12.1. The number of fused-ring (bicyclic) bond motifs is 1. The first-order valence-electron chi connectivity index (χ1n) is 10.2. The molecule has 1 saturated heterocycles. The molecule has 1 atom stereocenters. The monoisotopic (exact) mass is 413 g/mol. The number of nitrogens with zero attached hydrogens (tertiary/aromatic N) is 2. The highest BCUT2D eigenvalue weighted by Crippen LogP contribution is 2.29. The summed E-state index contributed by atoms with van der Waals surface area (Å²) in [5.41, 5.74) is 0.612. The van der Waals surface area contributed by atoms with Gasteiger partial charge in [0.05, 0.1) is 18.7 Å². The number of ether oxygens (including phenoxy) is 2. The Balaban J connectivity index is 1.75. The van der Waals surface area contributed by atoms with Gasteiger partial charge in [0.25, 0.3) is 5.91 Å². The molecule has 0 aliphatic carbocycles. The Morgan fingerprint density at radius 1 is 1.17 bits per heavy atom. The molecule has 0 spiro atoms. The fourth-order valence-electron chi connectivity index (χ4n) is 3.59. The number of carbonyl (C=O) groups is 2. The number of hydrogen-bond donors (Lipinski definition) is 1. The number of carbonyl (C=O) groups excluding carboxylic acids is 2. The second-order valence-corrected chi connectivity index (χ2v) is 9.20. The van der Waals surface area contributed by atoms with E-state index >= 15 is 0 Å². The molecule has 0 radical (unpaired) electrons. The topological polar surface area (TPSA) is 80.8 Å². The molecule has 2 heterocycles. The fraction of sp³-hybridized carbons (Fsp3) is 0.522. The van der Waals surface area contributed by atoms with E-state index in [0.717, 1.165) is 22.0 Å². The smallest absolute Gasteiger partial charge is 0.410 e. The highest BCUT2D eigenvalue weighted by atomic mass is 16.6. The van der Waals surface area contributed by atoms with E-state index in [1.54, 1.807) is 0 Å². The van der Waals surface area contributed by atoms with E-state index in [1.807, 2.05) is 72.0 Å². The number of amides is 2. The van der Waals surface area contributed by atoms with E-state index in [4.69, 9.17) is 9.47 Å². The van der Waals surface area contributed by atoms with Crippen molar-refractivity contribution in [3.63, 3.8) is 0 Å². The second kappa shape index (κ2) is 8.22. The quantitative estimate of drug-likeness (QED) is 0.833. The lowest BCUT2D eigenvalue weighted by atomic mass is 9.90. The average Bonchev–Trinajstić information content (AvgIpc) is 2.66. The Labute approximate surface area is 177 Å². The first-order chi connectivity index (χ1) is 14.0. The van der Waals surface area contributed by atoms with Crippen LogP contribution in [0.3, 0.4) is 0 Å². The molecule has 7 heteroatoms. The molecule has 1 aliphatic heterocycles. The number of hydrogen-bond acceptors (Lipinski definition) is 5. The predicted octanol–water partition coefficient (Wildman–Crippen LogP) is 3.53. The van der Waals surface area contributed by atoms with Crippen LogP contribution in [0.25, 0.3) is 10.8 Å². The Hall–Kier alpha value is -2.67. The number of rotatable bonds is 3. The van der Waals surface area contributed by atoms with Crippen LogP contribution in [0.1, 0.15) is 45.9 Å². The minimum absolute atomic E-state index is 0.156. The van der Waals surface area contributed by atoms with Crippen molar-refractivity contribution < 1.29 is 19.1 Å². The van der Waals surface area contributed by atoms with Gasteiger partial charge in [0.1, 0.15) is 5.60 Å². The maximum atomic E-state index is 13.0. The zero-order chi connectivity index (χ0) is 22.1. The van der Waals surface area contributed by atoms with Gasteiger partial charge in [-0.25, -0.2) is 4.79 Å². The maximum Gasteiger partial charge on any atom is 0.410 e. The van der Waals surface area contributed by atoms with E-state index in [0.29, 0.717) is 6.54 Å². The molecular formula is C23H31N3O4. The molecule has 1 aliphatic rings. The number of benzene rings is 1. The minimum atomic E-state index is -0.754. The van der Waals surface area contributed by atoms with Gasteiger partial charge in [0.2, 0.25) is 0 Å². The van der Waals surface area contributed by atoms with Crippen LogP contribution in [-0.2, 0) is 19.8 Å². The van der Waals surface area contributed by atoms with E-state index in [-0.39, 0.29) is 19.1 Å². The summed E-state index contributed by atoms with van der Waals surface area (Å²) in [5, 5.41) is 5.19. The molecule has 7 nitrogen and oxygen atoms in total. The first-order valence-corrected chi connectivity index (χ1v) is 10.2. The van der Waals surface area contributed by atoms with Gasteiger partial charge < -0.3 is 19.7 Å². The van der Waals surface area contributed by atoms with E-state index < -0.39 is 23.3 Å². The van der Waals surface area contributed by atoms with Crippen molar-refractivity contribution in [2.75, 3.05) is 19.7 Å². The van der Waals surface area contributed by atoms with E-state index in [1.165, 1.54) is 4.90 Å². The summed E-state index contributed by atoms with van der Waals surface area (Å²) in [5.74, 6) is -0.266. The number of nitrogens with one attached hydrogen (secondary N) is 1. The molecule has 1 aromatic heterocycles. The molecule has 1 aromatic carbocycles. The van der Waals surface area contributed by atoms with Gasteiger partial charge in [-0.05, 0) is 46.9 Å². The SMILES string of the molecule is Cc1ncc(C(C)(C)NC(=O)[C@H]2CN(C(=O)OC(C)(C)C)CCO2)c2ccccc12. The summed E-state index contributed by atoms with van der Waals surface area (Å²) in [6.07, 6.45) is 0.624. The van der Waals surface area contributed by atoms with Gasteiger partial charge in [-0.1, -0.05) is 24.3 Å². The summed E-state index contributed by atoms with van der Waals surface area (Å²) in [6, 6.07) is 8.02. The number of morpholine rings is 1. The minimum Gasteiger partial charge on any atom is -0.444 e. The van der Waals surface area contributed by atoms with Crippen LogP contribution in [0.15, 0.2) is 30.5 Å². The zero-order valence-electron chi connectivity index (χ0n) is 18.6. The van der Waals surface area contributed by atoms with Crippen molar-refractivity contribution in [2.24, 2.45) is 0 Å². The number of aryl methyl sites for hydroxylation is 1. The van der Waals surface area contributed by atoms with Crippen molar-refractivity contribution in [2.45, 2.75) is 58.8 Å². The van der Waals surface area contributed by atoms with Crippen LogP contribution in [0.4, 0.5) is 4.79 Å². The van der Waals surface area contributed by atoms with Gasteiger partial charge >= 0.3 is 6.09 Å². The zero-order valence-corrected chi connectivity index (χ0v) is 18.6. The van der Waals surface area contributed by atoms with Crippen LogP contribution >= 0.6 is 0 Å². The second-order valence-electron chi connectivity index (χ2n) is 9.20. The molecule has 0 saturated carbocycles. The van der Waals surface area contributed by atoms with Crippen LogP contribution in [0.2, 0.25) is 0 Å². The van der Waals surface area contributed by atoms with Gasteiger partial charge in [0, 0.05) is 29.4 Å². The fourth-order valence-corrected chi connectivity index (χ4v) is 3.59. The van der Waals surface area contributed by atoms with Crippen LogP contribution in [0.5, 0.6) is 0 Å². The summed E-state index contributed by atoms with van der Waals surface area (Å²) < 4.78 is 11.1. The highest BCUT2D eigenvalue weighted by molar-refractivity contribution is 5.89. The van der Waals surface area contributed by atoms with Crippen molar-refractivity contribution in [3.8, 4) is 0 Å². The van der Waals surface area contributed by atoms with Gasteiger partial charge in [-0.2, -0.15) is 0 Å². The summed E-state index contributed by atoms with van der Waals surface area (Å²) >= 11 is 0. The summed E-state index contributed by atoms with van der Waals surface area (Å²) in [4.78, 5) is 31.4. The molecule has 30 heavy (non-hydrogen) atoms. The predicted molar refractivity (Wildman–Crippen MR) is 115 cm³/mol. The van der Waals surface area contributed by atoms with Crippen LogP contribution in [0, 0.1) is 6.92 Å². The van der Waals surface area contributed by atoms with Gasteiger partial charge in [0.15, 0.2) is 6.10 Å². The molecule has 1 N–H and O–H groups in total. The lowest BCUT2D eigenvalue weighted by molar-refractivity contribution is -0.139. The Kier molecular flexibility index (Phi) is 6.04. The molecule has 2 amide bonds. The molecule has 3 rings (SSSR count). The van der Waals surface area contributed by atoms with Crippen molar-refractivity contribution in [1.29, 1.82) is 0 Å². The average molecular weight is 414 g/mol. The highest BCUT2D eigenvalue weighted by Gasteiger charge is 2.35. The summed E-state index contributed by atoms with van der Waals surface area (Å²) in [7, 11) is 0.